The van der Waals surface area contributed by atoms with E-state index in [1.165, 1.54) is 0 Å². The second-order valence-corrected chi connectivity index (χ2v) is 5.86. The summed E-state index contributed by atoms with van der Waals surface area (Å²) in [5.74, 6) is 1.02. The zero-order valence-corrected chi connectivity index (χ0v) is 10.6. The molecular weight excluding hydrogens is 228 g/mol. The van der Waals surface area contributed by atoms with Crippen molar-refractivity contribution >= 4 is 23.1 Å². The highest BCUT2D eigenvalue weighted by molar-refractivity contribution is 8.00. The van der Waals surface area contributed by atoms with Crippen molar-refractivity contribution < 1.29 is 5.11 Å². The monoisotopic (exact) mass is 246 g/mol. The number of hydrogen-bond donors (Lipinski definition) is 2. The summed E-state index contributed by atoms with van der Waals surface area (Å²) in [6.45, 7) is 2.09. The smallest absolute Gasteiger partial charge is 0.149 e. The van der Waals surface area contributed by atoms with Crippen LogP contribution >= 0.6 is 23.1 Å². The molecule has 0 amide bonds. The van der Waals surface area contributed by atoms with Crippen molar-refractivity contribution in [3.8, 4) is 0 Å². The first-order valence-corrected chi connectivity index (χ1v) is 6.99. The SMILES string of the molecule is CCC(N)(CO)CCCSc1nccs1. The van der Waals surface area contributed by atoms with Crippen LogP contribution in [-0.4, -0.2) is 28.0 Å². The van der Waals surface area contributed by atoms with E-state index in [0.29, 0.717) is 0 Å². The van der Waals surface area contributed by atoms with E-state index in [2.05, 4.69) is 4.98 Å². The van der Waals surface area contributed by atoms with Gasteiger partial charge in [-0.1, -0.05) is 18.7 Å². The quantitative estimate of drug-likeness (QED) is 0.571. The Hall–Kier alpha value is -0.100. The third-order valence-corrected chi connectivity index (χ3v) is 4.53. The van der Waals surface area contributed by atoms with Crippen molar-refractivity contribution in [2.45, 2.75) is 36.1 Å². The molecule has 3 nitrogen and oxygen atoms in total. The van der Waals surface area contributed by atoms with Gasteiger partial charge in [-0.25, -0.2) is 4.98 Å². The maximum absolute atomic E-state index is 9.13. The number of rotatable bonds is 7. The lowest BCUT2D eigenvalue weighted by atomic mass is 9.93. The van der Waals surface area contributed by atoms with Gasteiger partial charge in [0.15, 0.2) is 0 Å². The molecule has 0 aliphatic heterocycles. The summed E-state index contributed by atoms with van der Waals surface area (Å²) in [5, 5.41) is 11.1. The minimum absolute atomic E-state index is 0.0748. The Morgan fingerprint density at radius 2 is 2.47 bits per heavy atom. The van der Waals surface area contributed by atoms with Gasteiger partial charge in [-0.15, -0.1) is 11.3 Å². The molecular formula is C10H18N2OS2. The first-order valence-electron chi connectivity index (χ1n) is 5.12. The average Bonchev–Trinajstić information content (AvgIpc) is 2.77. The van der Waals surface area contributed by atoms with Gasteiger partial charge in [-0.2, -0.15) is 0 Å². The number of thioether (sulfide) groups is 1. The van der Waals surface area contributed by atoms with Gasteiger partial charge in [-0.3, -0.25) is 0 Å². The predicted octanol–water partition coefficient (Wildman–Crippen LogP) is 2.12. The normalized spacial score (nSPS) is 15.1. The van der Waals surface area contributed by atoms with Crippen LogP contribution in [0.25, 0.3) is 0 Å². The Morgan fingerprint density at radius 3 is 3.00 bits per heavy atom. The highest BCUT2D eigenvalue weighted by atomic mass is 32.2. The molecule has 15 heavy (non-hydrogen) atoms. The maximum Gasteiger partial charge on any atom is 0.149 e. The van der Waals surface area contributed by atoms with Crippen LogP contribution < -0.4 is 5.73 Å². The zero-order valence-electron chi connectivity index (χ0n) is 8.98. The summed E-state index contributed by atoms with van der Waals surface area (Å²) < 4.78 is 1.11. The summed E-state index contributed by atoms with van der Waals surface area (Å²) in [6, 6.07) is 0. The Labute approximate surface area is 99.1 Å². The largest absolute Gasteiger partial charge is 0.394 e. The number of hydrogen-bond acceptors (Lipinski definition) is 5. The first-order chi connectivity index (χ1) is 7.20. The molecule has 0 saturated heterocycles. The van der Waals surface area contributed by atoms with Crippen molar-refractivity contribution in [1.82, 2.24) is 4.98 Å². The topological polar surface area (TPSA) is 59.1 Å². The van der Waals surface area contributed by atoms with Gasteiger partial charge in [0.2, 0.25) is 0 Å². The molecule has 0 bridgehead atoms. The minimum atomic E-state index is -0.385. The molecule has 1 aromatic rings. The van der Waals surface area contributed by atoms with Crippen LogP contribution in [0.2, 0.25) is 0 Å². The number of aliphatic hydroxyl groups is 1. The molecule has 1 heterocycles. The molecule has 1 unspecified atom stereocenters. The van der Waals surface area contributed by atoms with Gasteiger partial charge in [0, 0.05) is 22.9 Å². The van der Waals surface area contributed by atoms with Crippen LogP contribution in [0.1, 0.15) is 26.2 Å². The second kappa shape index (κ2) is 6.48. The summed E-state index contributed by atoms with van der Waals surface area (Å²) in [6.07, 6.45) is 4.54. The third kappa shape index (κ3) is 4.51. The van der Waals surface area contributed by atoms with Crippen molar-refractivity contribution in [3.05, 3.63) is 11.6 Å². The second-order valence-electron chi connectivity index (χ2n) is 3.62. The molecule has 0 aliphatic rings. The molecule has 1 atom stereocenters. The lowest BCUT2D eigenvalue weighted by molar-refractivity contribution is 0.182. The lowest BCUT2D eigenvalue weighted by Crippen LogP contribution is -2.42. The summed E-state index contributed by atoms with van der Waals surface area (Å²) in [4.78, 5) is 4.19. The van der Waals surface area contributed by atoms with Crippen LogP contribution in [0.4, 0.5) is 0 Å². The number of aliphatic hydroxyl groups excluding tert-OH is 1. The molecule has 86 valence electrons. The van der Waals surface area contributed by atoms with E-state index in [4.69, 9.17) is 10.8 Å². The van der Waals surface area contributed by atoms with Crippen LogP contribution in [0.5, 0.6) is 0 Å². The van der Waals surface area contributed by atoms with Gasteiger partial charge in [-0.05, 0) is 19.3 Å². The fraction of sp³-hybridized carbons (Fsp3) is 0.700. The van der Waals surface area contributed by atoms with E-state index in [-0.39, 0.29) is 12.1 Å². The standard InChI is InChI=1S/C10H18N2OS2/c1-2-10(11,8-13)4-3-6-14-9-12-5-7-15-9/h5,7,13H,2-4,6,8,11H2,1H3. The van der Waals surface area contributed by atoms with E-state index in [1.807, 2.05) is 18.5 Å². The van der Waals surface area contributed by atoms with E-state index in [0.717, 1.165) is 29.4 Å². The Kier molecular flexibility index (Phi) is 5.60. The summed E-state index contributed by atoms with van der Waals surface area (Å²) in [7, 11) is 0. The van der Waals surface area contributed by atoms with Crippen molar-refractivity contribution in [3.63, 3.8) is 0 Å². The first kappa shape index (κ1) is 13.0. The van der Waals surface area contributed by atoms with Crippen molar-refractivity contribution in [2.75, 3.05) is 12.4 Å². The van der Waals surface area contributed by atoms with Crippen molar-refractivity contribution in [1.29, 1.82) is 0 Å². The molecule has 0 fully saturated rings. The van der Waals surface area contributed by atoms with Crippen LogP contribution in [-0.2, 0) is 0 Å². The molecule has 0 aromatic carbocycles. The zero-order chi connectivity index (χ0) is 11.1. The molecule has 1 aromatic heterocycles. The van der Waals surface area contributed by atoms with E-state index in [1.54, 1.807) is 23.1 Å². The fourth-order valence-corrected chi connectivity index (χ4v) is 2.88. The molecule has 5 heteroatoms. The van der Waals surface area contributed by atoms with Crippen molar-refractivity contribution in [2.24, 2.45) is 5.73 Å². The minimum Gasteiger partial charge on any atom is -0.394 e. The van der Waals surface area contributed by atoms with Gasteiger partial charge in [0.05, 0.1) is 6.61 Å². The van der Waals surface area contributed by atoms with Crippen LogP contribution in [0.15, 0.2) is 15.9 Å². The highest BCUT2D eigenvalue weighted by Gasteiger charge is 2.20. The van der Waals surface area contributed by atoms with Gasteiger partial charge in [0.25, 0.3) is 0 Å². The Balaban J connectivity index is 2.16. The van der Waals surface area contributed by atoms with Crippen LogP contribution in [0, 0.1) is 0 Å². The maximum atomic E-state index is 9.13. The number of nitrogens with two attached hydrogens (primary N) is 1. The molecule has 0 spiro atoms. The van der Waals surface area contributed by atoms with E-state index >= 15 is 0 Å². The summed E-state index contributed by atoms with van der Waals surface area (Å²) in [5.41, 5.74) is 5.60. The number of aromatic nitrogens is 1. The lowest BCUT2D eigenvalue weighted by Gasteiger charge is -2.25. The molecule has 0 saturated carbocycles. The average molecular weight is 246 g/mol. The van der Waals surface area contributed by atoms with E-state index in [9.17, 15) is 0 Å². The van der Waals surface area contributed by atoms with E-state index < -0.39 is 0 Å². The molecule has 1 rings (SSSR count). The Bertz CT molecular complexity index is 260. The van der Waals surface area contributed by atoms with Crippen LogP contribution in [0.3, 0.4) is 0 Å². The van der Waals surface area contributed by atoms with Gasteiger partial charge >= 0.3 is 0 Å². The van der Waals surface area contributed by atoms with Gasteiger partial charge in [0.1, 0.15) is 4.34 Å². The summed E-state index contributed by atoms with van der Waals surface area (Å²) >= 11 is 3.42. The number of nitrogens with zero attached hydrogens (tertiary/aromatic N) is 1. The molecule has 0 aliphatic carbocycles. The fourth-order valence-electron chi connectivity index (χ4n) is 1.23. The predicted molar refractivity (Wildman–Crippen MR) is 66.4 cm³/mol. The molecule has 0 radical (unpaired) electrons. The molecule has 3 N–H and O–H groups in total. The van der Waals surface area contributed by atoms with Gasteiger partial charge < -0.3 is 10.8 Å². The third-order valence-electron chi connectivity index (χ3n) is 2.47. The number of thiazole rings is 1. The Morgan fingerprint density at radius 1 is 1.67 bits per heavy atom. The highest BCUT2D eigenvalue weighted by Crippen LogP contribution is 2.23.